The predicted molar refractivity (Wildman–Crippen MR) is 87.1 cm³/mol. The highest BCUT2D eigenvalue weighted by molar-refractivity contribution is 5.56. The number of nitrogens with zero attached hydrogens (tertiary/aromatic N) is 2. The first-order chi connectivity index (χ1) is 9.76. The van der Waals surface area contributed by atoms with Gasteiger partial charge in [0.05, 0.1) is 11.8 Å². The van der Waals surface area contributed by atoms with Crippen molar-refractivity contribution in [2.45, 2.75) is 46.6 Å². The molecular formula is C17H26FN3. The highest BCUT2D eigenvalue weighted by Crippen LogP contribution is 2.26. The zero-order chi connectivity index (χ0) is 16.0. The minimum Gasteiger partial charge on any atom is -0.384 e. The van der Waals surface area contributed by atoms with E-state index >= 15 is 0 Å². The predicted octanol–water partition coefficient (Wildman–Crippen LogP) is 4.41. The number of nitrogens with one attached hydrogen (secondary N) is 1. The zero-order valence-corrected chi connectivity index (χ0v) is 13.7. The second kappa shape index (κ2) is 7.31. The minimum absolute atomic E-state index is 0.0135. The van der Waals surface area contributed by atoms with Crippen molar-refractivity contribution in [3.8, 4) is 6.07 Å². The first kappa shape index (κ1) is 17.3. The fraction of sp³-hybridized carbons (Fsp3) is 0.588. The van der Waals surface area contributed by atoms with Gasteiger partial charge in [0, 0.05) is 31.7 Å². The van der Waals surface area contributed by atoms with Gasteiger partial charge in [-0.05, 0) is 43.9 Å². The Labute approximate surface area is 127 Å². The number of anilines is 2. The lowest BCUT2D eigenvalue weighted by atomic mass is 9.88. The van der Waals surface area contributed by atoms with Gasteiger partial charge in [0.2, 0.25) is 0 Å². The second-order valence-electron chi connectivity index (χ2n) is 6.55. The fourth-order valence-electron chi connectivity index (χ4n) is 2.01. The number of halogens is 1. The smallest absolute Gasteiger partial charge is 0.148 e. The lowest BCUT2D eigenvalue weighted by molar-refractivity contribution is 0.364. The van der Waals surface area contributed by atoms with Crippen LogP contribution in [0.25, 0.3) is 0 Å². The average molecular weight is 291 g/mol. The van der Waals surface area contributed by atoms with Gasteiger partial charge in [-0.2, -0.15) is 5.26 Å². The average Bonchev–Trinajstić information content (AvgIpc) is 2.42. The quantitative estimate of drug-likeness (QED) is 0.808. The lowest BCUT2D eigenvalue weighted by Crippen LogP contribution is -2.26. The van der Waals surface area contributed by atoms with Gasteiger partial charge < -0.3 is 10.2 Å². The molecule has 116 valence electrons. The van der Waals surface area contributed by atoms with Gasteiger partial charge in [-0.25, -0.2) is 4.39 Å². The van der Waals surface area contributed by atoms with Crippen LogP contribution < -0.4 is 10.2 Å². The molecule has 0 aromatic heterocycles. The summed E-state index contributed by atoms with van der Waals surface area (Å²) in [5.74, 6) is -0.217. The van der Waals surface area contributed by atoms with Crippen LogP contribution in [0.15, 0.2) is 18.2 Å². The maximum Gasteiger partial charge on any atom is 0.148 e. The molecule has 0 amide bonds. The standard InChI is InChI=1S/C17H26FN3/c1-13(2)21(5)16-8-7-14(11-15(16)18)20-12-17(3,4)9-6-10-19/h7-8,11,13,20H,6,9,12H2,1-5H3. The van der Waals surface area contributed by atoms with Crippen molar-refractivity contribution in [3.63, 3.8) is 0 Å². The van der Waals surface area contributed by atoms with E-state index in [2.05, 4.69) is 25.2 Å². The van der Waals surface area contributed by atoms with Crippen molar-refractivity contribution in [2.24, 2.45) is 5.41 Å². The first-order valence-electron chi connectivity index (χ1n) is 7.40. The van der Waals surface area contributed by atoms with Gasteiger partial charge in [0.1, 0.15) is 5.82 Å². The summed E-state index contributed by atoms with van der Waals surface area (Å²) >= 11 is 0. The molecule has 0 saturated carbocycles. The molecule has 1 rings (SSSR count). The van der Waals surface area contributed by atoms with Crippen LogP contribution in [0.5, 0.6) is 0 Å². The maximum absolute atomic E-state index is 14.2. The molecule has 1 aromatic rings. The van der Waals surface area contributed by atoms with Crippen molar-refractivity contribution < 1.29 is 4.39 Å². The summed E-state index contributed by atoms with van der Waals surface area (Å²) in [7, 11) is 1.89. The Kier molecular flexibility index (Phi) is 6.02. The SMILES string of the molecule is CC(C)N(C)c1ccc(NCC(C)(C)CCC#N)cc1F. The van der Waals surface area contributed by atoms with Crippen molar-refractivity contribution in [1.82, 2.24) is 0 Å². The van der Waals surface area contributed by atoms with Crippen LogP contribution in [-0.4, -0.2) is 19.6 Å². The van der Waals surface area contributed by atoms with E-state index in [1.54, 1.807) is 6.07 Å². The molecule has 0 aliphatic rings. The zero-order valence-electron chi connectivity index (χ0n) is 13.7. The van der Waals surface area contributed by atoms with Gasteiger partial charge in [-0.3, -0.25) is 0 Å². The second-order valence-corrected chi connectivity index (χ2v) is 6.55. The van der Waals surface area contributed by atoms with Crippen LogP contribution in [0.2, 0.25) is 0 Å². The Morgan fingerprint density at radius 3 is 2.57 bits per heavy atom. The van der Waals surface area contributed by atoms with Crippen molar-refractivity contribution in [1.29, 1.82) is 5.26 Å². The summed E-state index contributed by atoms with van der Waals surface area (Å²) in [5.41, 5.74) is 1.40. The summed E-state index contributed by atoms with van der Waals surface area (Å²) in [4.78, 5) is 1.91. The first-order valence-corrected chi connectivity index (χ1v) is 7.40. The van der Waals surface area contributed by atoms with Crippen LogP contribution in [0.1, 0.15) is 40.5 Å². The van der Waals surface area contributed by atoms with E-state index in [4.69, 9.17) is 5.26 Å². The molecule has 3 nitrogen and oxygen atoms in total. The van der Waals surface area contributed by atoms with Gasteiger partial charge in [-0.1, -0.05) is 13.8 Å². The summed E-state index contributed by atoms with van der Waals surface area (Å²) in [6.07, 6.45) is 1.37. The van der Waals surface area contributed by atoms with Crippen molar-refractivity contribution in [3.05, 3.63) is 24.0 Å². The van der Waals surface area contributed by atoms with E-state index in [0.29, 0.717) is 18.7 Å². The fourth-order valence-corrected chi connectivity index (χ4v) is 2.01. The molecule has 0 aliphatic heterocycles. The molecule has 0 bridgehead atoms. The monoisotopic (exact) mass is 291 g/mol. The summed E-state index contributed by atoms with van der Waals surface area (Å²) < 4.78 is 14.2. The molecule has 0 fully saturated rings. The Balaban J connectivity index is 2.70. The normalized spacial score (nSPS) is 11.3. The number of rotatable bonds is 7. The molecule has 0 atom stereocenters. The maximum atomic E-state index is 14.2. The Morgan fingerprint density at radius 1 is 1.38 bits per heavy atom. The van der Waals surface area contributed by atoms with Crippen molar-refractivity contribution >= 4 is 11.4 Å². The molecule has 0 radical (unpaired) electrons. The Hall–Kier alpha value is -1.76. The van der Waals surface area contributed by atoms with E-state index < -0.39 is 0 Å². The highest BCUT2D eigenvalue weighted by Gasteiger charge is 2.17. The third-order valence-electron chi connectivity index (χ3n) is 3.79. The Bertz CT molecular complexity index is 503. The molecule has 0 unspecified atom stereocenters. The van der Waals surface area contributed by atoms with Crippen LogP contribution in [-0.2, 0) is 0 Å². The minimum atomic E-state index is -0.217. The summed E-state index contributed by atoms with van der Waals surface area (Å²) in [5, 5.41) is 11.9. The van der Waals surface area contributed by atoms with Gasteiger partial charge >= 0.3 is 0 Å². The summed E-state index contributed by atoms with van der Waals surface area (Å²) in [6, 6.07) is 7.66. The summed E-state index contributed by atoms with van der Waals surface area (Å²) in [6.45, 7) is 8.99. The third-order valence-corrected chi connectivity index (χ3v) is 3.79. The molecule has 4 heteroatoms. The molecule has 0 saturated heterocycles. The number of hydrogen-bond acceptors (Lipinski definition) is 3. The lowest BCUT2D eigenvalue weighted by Gasteiger charge is -2.26. The highest BCUT2D eigenvalue weighted by atomic mass is 19.1. The molecule has 0 aliphatic carbocycles. The molecule has 0 spiro atoms. The number of hydrogen-bond donors (Lipinski definition) is 1. The molecule has 1 N–H and O–H groups in total. The topological polar surface area (TPSA) is 39.1 Å². The van der Waals surface area contributed by atoms with Crippen LogP contribution in [0.3, 0.4) is 0 Å². The van der Waals surface area contributed by atoms with Gasteiger partial charge in [-0.15, -0.1) is 0 Å². The van der Waals surface area contributed by atoms with Gasteiger partial charge in [0.25, 0.3) is 0 Å². The van der Waals surface area contributed by atoms with Crippen LogP contribution in [0, 0.1) is 22.6 Å². The molecule has 1 aromatic carbocycles. The van der Waals surface area contributed by atoms with E-state index in [9.17, 15) is 4.39 Å². The molecule has 0 heterocycles. The third kappa shape index (κ3) is 5.26. The largest absolute Gasteiger partial charge is 0.384 e. The molecule has 21 heavy (non-hydrogen) atoms. The van der Waals surface area contributed by atoms with Crippen LogP contribution in [0.4, 0.5) is 15.8 Å². The Morgan fingerprint density at radius 2 is 2.05 bits per heavy atom. The van der Waals surface area contributed by atoms with E-state index in [0.717, 1.165) is 12.1 Å². The van der Waals surface area contributed by atoms with Gasteiger partial charge in [0.15, 0.2) is 0 Å². The number of nitriles is 1. The van der Waals surface area contributed by atoms with Crippen LogP contribution >= 0.6 is 0 Å². The number of benzene rings is 1. The van der Waals surface area contributed by atoms with E-state index in [1.807, 2.05) is 31.9 Å². The van der Waals surface area contributed by atoms with E-state index in [1.165, 1.54) is 6.07 Å². The van der Waals surface area contributed by atoms with E-state index in [-0.39, 0.29) is 17.3 Å². The molecular weight excluding hydrogens is 265 g/mol. The van der Waals surface area contributed by atoms with Crippen molar-refractivity contribution in [2.75, 3.05) is 23.8 Å².